The van der Waals surface area contributed by atoms with Gasteiger partial charge in [0.1, 0.15) is 18.0 Å². The van der Waals surface area contributed by atoms with E-state index in [4.69, 9.17) is 10.5 Å². The molecule has 1 fully saturated rings. The highest BCUT2D eigenvalue weighted by molar-refractivity contribution is 5.28. The molecule has 8 heteroatoms. The number of rotatable bonds is 3. The molecule has 0 radical (unpaired) electrons. The predicted molar refractivity (Wildman–Crippen MR) is 80.3 cm³/mol. The van der Waals surface area contributed by atoms with E-state index in [1.165, 1.54) is 12.3 Å². The van der Waals surface area contributed by atoms with Crippen LogP contribution >= 0.6 is 0 Å². The van der Waals surface area contributed by atoms with Crippen molar-refractivity contribution in [2.45, 2.75) is 24.0 Å². The fraction of sp³-hybridized carbons (Fsp3) is 0.333. The fourth-order valence-electron chi connectivity index (χ4n) is 2.82. The summed E-state index contributed by atoms with van der Waals surface area (Å²) in [5, 5.41) is 31.0. The Kier molecular flexibility index (Phi) is 3.90. The van der Waals surface area contributed by atoms with Crippen LogP contribution in [0.25, 0.3) is 0 Å². The van der Waals surface area contributed by atoms with Crippen LogP contribution in [-0.4, -0.2) is 43.7 Å². The Hall–Kier alpha value is -2.26. The monoisotopic (exact) mass is 319 g/mol. The lowest BCUT2D eigenvalue weighted by atomic mass is 9.86. The zero-order valence-corrected chi connectivity index (χ0v) is 12.1. The fourth-order valence-corrected chi connectivity index (χ4v) is 2.82. The van der Waals surface area contributed by atoms with Crippen molar-refractivity contribution in [3.05, 3.63) is 58.6 Å². The molecule has 0 unspecified atom stereocenters. The highest BCUT2D eigenvalue weighted by Crippen LogP contribution is 2.45. The van der Waals surface area contributed by atoms with Gasteiger partial charge in [-0.05, 0) is 11.6 Å². The first-order valence-electron chi connectivity index (χ1n) is 7.05. The van der Waals surface area contributed by atoms with Crippen LogP contribution in [0.1, 0.15) is 11.8 Å². The van der Waals surface area contributed by atoms with Gasteiger partial charge in [0, 0.05) is 6.20 Å². The minimum atomic E-state index is -1.92. The van der Waals surface area contributed by atoms with E-state index in [9.17, 15) is 20.1 Å². The summed E-state index contributed by atoms with van der Waals surface area (Å²) < 4.78 is 6.58. The Morgan fingerprint density at radius 2 is 2.00 bits per heavy atom. The molecule has 2 aromatic rings. The summed E-state index contributed by atoms with van der Waals surface area (Å²) in [6.07, 6.45) is -2.40. The smallest absolute Gasteiger partial charge is 0.351 e. The van der Waals surface area contributed by atoms with Crippen molar-refractivity contribution >= 4 is 5.82 Å². The van der Waals surface area contributed by atoms with Crippen molar-refractivity contribution in [2.75, 3.05) is 12.3 Å². The molecule has 1 aromatic carbocycles. The summed E-state index contributed by atoms with van der Waals surface area (Å²) in [6.45, 7) is -0.510. The van der Waals surface area contributed by atoms with Crippen LogP contribution in [0.4, 0.5) is 5.82 Å². The van der Waals surface area contributed by atoms with Gasteiger partial charge in [-0.3, -0.25) is 4.57 Å². The van der Waals surface area contributed by atoms with E-state index in [-0.39, 0.29) is 5.82 Å². The Labute approximate surface area is 131 Å². The van der Waals surface area contributed by atoms with Gasteiger partial charge in [0.15, 0.2) is 11.8 Å². The second-order valence-electron chi connectivity index (χ2n) is 5.39. The molecule has 0 bridgehead atoms. The molecule has 1 saturated heterocycles. The Morgan fingerprint density at radius 3 is 2.61 bits per heavy atom. The van der Waals surface area contributed by atoms with Crippen LogP contribution < -0.4 is 11.4 Å². The molecule has 5 N–H and O–H groups in total. The average molecular weight is 319 g/mol. The molecule has 0 amide bonds. The second kappa shape index (κ2) is 5.74. The van der Waals surface area contributed by atoms with Crippen LogP contribution in [0.2, 0.25) is 0 Å². The van der Waals surface area contributed by atoms with Gasteiger partial charge in [-0.2, -0.15) is 4.98 Å². The second-order valence-corrected chi connectivity index (χ2v) is 5.39. The number of aliphatic hydroxyl groups is 3. The Morgan fingerprint density at radius 1 is 1.30 bits per heavy atom. The summed E-state index contributed by atoms with van der Waals surface area (Å²) in [7, 11) is 0. The number of benzene rings is 1. The average Bonchev–Trinajstić information content (AvgIpc) is 2.81. The normalized spacial score (nSPS) is 30.5. The molecule has 122 valence electrons. The number of hydrogen-bond donors (Lipinski definition) is 4. The van der Waals surface area contributed by atoms with Crippen molar-refractivity contribution in [1.82, 2.24) is 9.55 Å². The van der Waals surface area contributed by atoms with Crippen molar-refractivity contribution in [2.24, 2.45) is 0 Å². The molecule has 23 heavy (non-hydrogen) atoms. The van der Waals surface area contributed by atoms with Gasteiger partial charge in [-0.25, -0.2) is 4.79 Å². The Bertz CT molecular complexity index is 750. The van der Waals surface area contributed by atoms with Crippen LogP contribution in [0.3, 0.4) is 0 Å². The lowest BCUT2D eigenvalue weighted by Gasteiger charge is -2.32. The maximum absolute atomic E-state index is 12.1. The summed E-state index contributed by atoms with van der Waals surface area (Å²) >= 11 is 0. The number of ether oxygens (including phenoxy) is 1. The molecule has 8 nitrogen and oxygen atoms in total. The van der Waals surface area contributed by atoms with Gasteiger partial charge in [0.25, 0.3) is 0 Å². The topological polar surface area (TPSA) is 131 Å². The standard InChI is InChI=1S/C15H17N3O5/c16-11-6-7-18(14(21)17-11)13-15(22,9-4-2-1-3-5-9)12(20)10(8-19)23-13/h1-7,10,12-13,19-20,22H,8H2,(H2,16,17,21)/t10-,12-,13-,15-/m1/s1. The maximum Gasteiger partial charge on any atom is 0.351 e. The molecule has 1 aliphatic heterocycles. The van der Waals surface area contributed by atoms with Gasteiger partial charge >= 0.3 is 5.69 Å². The van der Waals surface area contributed by atoms with E-state index in [1.807, 2.05) is 0 Å². The third-order valence-corrected chi connectivity index (χ3v) is 4.00. The zero-order chi connectivity index (χ0) is 16.6. The molecule has 4 atom stereocenters. The quantitative estimate of drug-likeness (QED) is 0.568. The van der Waals surface area contributed by atoms with E-state index in [0.717, 1.165) is 4.57 Å². The number of aliphatic hydroxyl groups excluding tert-OH is 2. The molecule has 0 saturated carbocycles. The van der Waals surface area contributed by atoms with Crippen molar-refractivity contribution in [1.29, 1.82) is 0 Å². The summed E-state index contributed by atoms with van der Waals surface area (Å²) in [5.41, 5.74) is 3.18. The third kappa shape index (κ3) is 2.41. The molecule has 0 aliphatic carbocycles. The summed E-state index contributed by atoms with van der Waals surface area (Å²) in [4.78, 5) is 15.7. The van der Waals surface area contributed by atoms with E-state index in [1.54, 1.807) is 30.3 Å². The Balaban J connectivity index is 2.15. The predicted octanol–water partition coefficient (Wildman–Crippen LogP) is -1.04. The lowest BCUT2D eigenvalue weighted by Crippen LogP contribution is -2.46. The van der Waals surface area contributed by atoms with E-state index in [2.05, 4.69) is 4.98 Å². The molecule has 2 heterocycles. The van der Waals surface area contributed by atoms with Crippen LogP contribution in [0.5, 0.6) is 0 Å². The number of aromatic nitrogens is 2. The van der Waals surface area contributed by atoms with Gasteiger partial charge in [-0.1, -0.05) is 30.3 Å². The van der Waals surface area contributed by atoms with Gasteiger partial charge in [0.2, 0.25) is 0 Å². The molecular weight excluding hydrogens is 302 g/mol. The van der Waals surface area contributed by atoms with Crippen LogP contribution in [0, 0.1) is 0 Å². The molecule has 3 rings (SSSR count). The molecular formula is C15H17N3O5. The summed E-state index contributed by atoms with van der Waals surface area (Å²) in [6, 6.07) is 9.73. The minimum Gasteiger partial charge on any atom is -0.394 e. The highest BCUT2D eigenvalue weighted by atomic mass is 16.6. The largest absolute Gasteiger partial charge is 0.394 e. The van der Waals surface area contributed by atoms with Crippen LogP contribution in [0.15, 0.2) is 47.4 Å². The summed E-state index contributed by atoms with van der Waals surface area (Å²) in [5.74, 6) is 0.0340. The van der Waals surface area contributed by atoms with E-state index < -0.39 is 36.3 Å². The number of anilines is 1. The van der Waals surface area contributed by atoms with E-state index in [0.29, 0.717) is 5.56 Å². The van der Waals surface area contributed by atoms with Gasteiger partial charge in [-0.15, -0.1) is 0 Å². The number of nitrogens with two attached hydrogens (primary N) is 1. The number of hydrogen-bond acceptors (Lipinski definition) is 7. The van der Waals surface area contributed by atoms with Gasteiger partial charge < -0.3 is 25.8 Å². The molecule has 0 spiro atoms. The number of nitrogens with zero attached hydrogens (tertiary/aromatic N) is 2. The molecule has 1 aromatic heterocycles. The zero-order valence-electron chi connectivity index (χ0n) is 12.1. The first-order chi connectivity index (χ1) is 11.0. The van der Waals surface area contributed by atoms with Crippen molar-refractivity contribution < 1.29 is 20.1 Å². The van der Waals surface area contributed by atoms with Crippen molar-refractivity contribution in [3.8, 4) is 0 Å². The van der Waals surface area contributed by atoms with Gasteiger partial charge in [0.05, 0.1) is 6.61 Å². The first-order valence-corrected chi connectivity index (χ1v) is 7.05. The molecule has 1 aliphatic rings. The third-order valence-electron chi connectivity index (χ3n) is 4.00. The lowest BCUT2D eigenvalue weighted by molar-refractivity contribution is -0.116. The number of nitrogen functional groups attached to an aromatic ring is 1. The highest BCUT2D eigenvalue weighted by Gasteiger charge is 2.57. The minimum absolute atomic E-state index is 0.0340. The van der Waals surface area contributed by atoms with Crippen molar-refractivity contribution in [3.63, 3.8) is 0 Å². The maximum atomic E-state index is 12.1. The van der Waals surface area contributed by atoms with Crippen LogP contribution in [-0.2, 0) is 10.3 Å². The first kappa shape index (κ1) is 15.6. The van der Waals surface area contributed by atoms with E-state index >= 15 is 0 Å². The SMILES string of the molecule is Nc1ccn([C@@H]2O[C@H](CO)[C@@H](O)[C@]2(O)c2ccccc2)c(=O)n1.